The van der Waals surface area contributed by atoms with Crippen LogP contribution in [-0.2, 0) is 18.1 Å². The number of phenolic OH excluding ortho intramolecular Hbond substituents is 1. The van der Waals surface area contributed by atoms with Crippen LogP contribution in [0.5, 0.6) is 5.75 Å². The molecule has 2 aromatic carbocycles. The van der Waals surface area contributed by atoms with Crippen LogP contribution < -0.4 is 0 Å². The molecule has 2 N–H and O–H groups in total. The van der Waals surface area contributed by atoms with Crippen LogP contribution in [0.25, 0.3) is 10.9 Å². The van der Waals surface area contributed by atoms with Crippen molar-refractivity contribution < 1.29 is 19.4 Å². The maximum atomic E-state index is 14.1. The summed E-state index contributed by atoms with van der Waals surface area (Å²) in [5.74, 6) is -0.176. The molecule has 1 aliphatic carbocycles. The molecule has 174 valence electrons. The van der Waals surface area contributed by atoms with Gasteiger partial charge in [-0.1, -0.05) is 18.2 Å². The maximum Gasteiger partial charge on any atom is 0.338 e. The van der Waals surface area contributed by atoms with Crippen LogP contribution in [-0.4, -0.2) is 38.7 Å². The molecule has 5 nitrogen and oxygen atoms in total. The van der Waals surface area contributed by atoms with Crippen LogP contribution in [0.15, 0.2) is 34.8 Å². The average molecular weight is 533 g/mol. The Hall–Kier alpha value is -2.03. The molecule has 1 saturated heterocycles. The lowest BCUT2D eigenvalue weighted by molar-refractivity contribution is 0.0697. The van der Waals surface area contributed by atoms with E-state index in [9.17, 15) is 19.4 Å². The van der Waals surface area contributed by atoms with Crippen molar-refractivity contribution in [2.24, 2.45) is 0 Å². The minimum Gasteiger partial charge on any atom is -0.506 e. The summed E-state index contributed by atoms with van der Waals surface area (Å²) >= 11 is 5.02. The Kier molecular flexibility index (Phi) is 6.42. The van der Waals surface area contributed by atoms with Crippen LogP contribution in [0.1, 0.15) is 58.9 Å². The highest BCUT2D eigenvalue weighted by molar-refractivity contribution is 9.10. The number of aromatic hydroxyl groups is 1. The highest BCUT2D eigenvalue weighted by Gasteiger charge is 2.34. The Morgan fingerprint density at radius 2 is 1.91 bits per heavy atom. The number of benzene rings is 2. The summed E-state index contributed by atoms with van der Waals surface area (Å²) in [4.78, 5) is 14.8. The monoisotopic (exact) mass is 532 g/mol. The van der Waals surface area contributed by atoms with Crippen molar-refractivity contribution in [1.82, 2.24) is 9.47 Å². The van der Waals surface area contributed by atoms with Gasteiger partial charge in [-0.15, -0.1) is 0 Å². The van der Waals surface area contributed by atoms with Gasteiger partial charge < -0.3 is 14.8 Å². The SMILES string of the molecule is O=C(O)c1c(CSCc2ccccc2F)n(C2CC2)c2cc(Br)c(O)c(CN3CCCC3)c12. The van der Waals surface area contributed by atoms with Gasteiger partial charge >= 0.3 is 5.97 Å². The number of aromatic carboxylic acids is 1. The van der Waals surface area contributed by atoms with Gasteiger partial charge in [0.25, 0.3) is 0 Å². The van der Waals surface area contributed by atoms with Gasteiger partial charge in [0, 0.05) is 40.7 Å². The van der Waals surface area contributed by atoms with E-state index in [-0.39, 0.29) is 23.2 Å². The topological polar surface area (TPSA) is 65.7 Å². The van der Waals surface area contributed by atoms with Crippen LogP contribution in [0.4, 0.5) is 4.39 Å². The van der Waals surface area contributed by atoms with Crippen molar-refractivity contribution in [1.29, 1.82) is 0 Å². The van der Waals surface area contributed by atoms with Crippen LogP contribution in [0.2, 0.25) is 0 Å². The largest absolute Gasteiger partial charge is 0.506 e. The first kappa shape index (κ1) is 22.7. The number of carbonyl (C=O) groups is 1. The van der Waals surface area contributed by atoms with Crippen molar-refractivity contribution in [2.45, 2.75) is 49.8 Å². The normalized spacial score (nSPS) is 16.7. The van der Waals surface area contributed by atoms with Crippen LogP contribution >= 0.6 is 27.7 Å². The summed E-state index contributed by atoms with van der Waals surface area (Å²) < 4.78 is 16.8. The van der Waals surface area contributed by atoms with E-state index in [1.165, 1.54) is 17.8 Å². The number of aromatic nitrogens is 1. The third-order valence-electron chi connectivity index (χ3n) is 6.58. The van der Waals surface area contributed by atoms with E-state index in [0.29, 0.717) is 39.0 Å². The van der Waals surface area contributed by atoms with Crippen molar-refractivity contribution in [3.05, 3.63) is 63.0 Å². The summed E-state index contributed by atoms with van der Waals surface area (Å²) in [5, 5.41) is 21.9. The van der Waals surface area contributed by atoms with E-state index in [0.717, 1.165) is 50.0 Å². The smallest absolute Gasteiger partial charge is 0.338 e. The fraction of sp³-hybridized carbons (Fsp3) is 0.400. The minimum atomic E-state index is -0.981. The summed E-state index contributed by atoms with van der Waals surface area (Å²) in [7, 11) is 0. The first-order valence-corrected chi connectivity index (χ1v) is 13.2. The van der Waals surface area contributed by atoms with Crippen molar-refractivity contribution in [2.75, 3.05) is 13.1 Å². The van der Waals surface area contributed by atoms with E-state index in [2.05, 4.69) is 25.4 Å². The molecule has 0 atom stereocenters. The summed E-state index contributed by atoms with van der Waals surface area (Å²) in [6.07, 6.45) is 4.25. The molecule has 1 saturated carbocycles. The van der Waals surface area contributed by atoms with Gasteiger partial charge in [-0.2, -0.15) is 11.8 Å². The van der Waals surface area contributed by atoms with Gasteiger partial charge in [0.1, 0.15) is 11.6 Å². The number of hydrogen-bond acceptors (Lipinski definition) is 4. The zero-order valence-corrected chi connectivity index (χ0v) is 20.6. The number of fused-ring (bicyclic) bond motifs is 1. The van der Waals surface area contributed by atoms with E-state index in [1.807, 2.05) is 12.1 Å². The third kappa shape index (κ3) is 4.40. The van der Waals surface area contributed by atoms with E-state index >= 15 is 0 Å². The first-order valence-electron chi connectivity index (χ1n) is 11.3. The lowest BCUT2D eigenvalue weighted by Gasteiger charge is -2.18. The van der Waals surface area contributed by atoms with E-state index in [4.69, 9.17) is 0 Å². The number of rotatable bonds is 8. The lowest BCUT2D eigenvalue weighted by atomic mass is 10.0. The van der Waals surface area contributed by atoms with Gasteiger partial charge in [0.05, 0.1) is 15.6 Å². The molecular weight excluding hydrogens is 507 g/mol. The van der Waals surface area contributed by atoms with E-state index < -0.39 is 5.97 Å². The molecule has 0 spiro atoms. The van der Waals surface area contributed by atoms with Crippen LogP contribution in [0, 0.1) is 5.82 Å². The molecule has 0 unspecified atom stereocenters. The molecule has 0 radical (unpaired) electrons. The second kappa shape index (κ2) is 9.31. The Morgan fingerprint density at radius 1 is 1.18 bits per heavy atom. The number of thioether (sulfide) groups is 1. The molecule has 1 aliphatic heterocycles. The number of phenols is 1. The zero-order valence-electron chi connectivity index (χ0n) is 18.2. The quantitative estimate of drug-likeness (QED) is 0.355. The number of likely N-dealkylation sites (tertiary alicyclic amines) is 1. The molecule has 33 heavy (non-hydrogen) atoms. The maximum absolute atomic E-state index is 14.1. The van der Waals surface area contributed by atoms with Crippen molar-refractivity contribution in [3.8, 4) is 5.75 Å². The van der Waals surface area contributed by atoms with Crippen molar-refractivity contribution in [3.63, 3.8) is 0 Å². The standard InChI is InChI=1S/C25H26BrFN2O3S/c26-18-11-20-22(17(24(18)30)12-28-9-3-4-10-28)23(25(31)32)21(29(20)16-7-8-16)14-33-13-15-5-1-2-6-19(15)27/h1-2,5-6,11,16,30H,3-4,7-10,12-14H2,(H,31,32). The highest BCUT2D eigenvalue weighted by Crippen LogP contribution is 2.47. The van der Waals surface area contributed by atoms with E-state index in [1.54, 1.807) is 12.1 Å². The third-order valence-corrected chi connectivity index (χ3v) is 8.18. The summed E-state index contributed by atoms with van der Waals surface area (Å²) in [5.41, 5.74) is 3.17. The predicted molar refractivity (Wildman–Crippen MR) is 132 cm³/mol. The second-order valence-corrected chi connectivity index (χ2v) is 10.7. The first-order chi connectivity index (χ1) is 16.0. The molecule has 2 heterocycles. The van der Waals surface area contributed by atoms with Gasteiger partial charge in [0.2, 0.25) is 0 Å². The predicted octanol–water partition coefficient (Wildman–Crippen LogP) is 6.31. The van der Waals surface area contributed by atoms with Gasteiger partial charge in [-0.05, 0) is 72.4 Å². The molecule has 0 amide bonds. The number of carboxylic acid groups (broad SMARTS) is 1. The van der Waals surface area contributed by atoms with Gasteiger partial charge in [0.15, 0.2) is 0 Å². The number of nitrogens with zero attached hydrogens (tertiary/aromatic N) is 2. The Balaban J connectivity index is 1.60. The molecule has 1 aromatic heterocycles. The summed E-state index contributed by atoms with van der Waals surface area (Å²) in [6, 6.07) is 8.82. The Morgan fingerprint density at radius 3 is 2.58 bits per heavy atom. The zero-order chi connectivity index (χ0) is 23.1. The van der Waals surface area contributed by atoms with Gasteiger partial charge in [-0.25, -0.2) is 9.18 Å². The highest BCUT2D eigenvalue weighted by atomic mass is 79.9. The molecule has 2 aliphatic rings. The second-order valence-electron chi connectivity index (χ2n) is 8.88. The molecule has 8 heteroatoms. The number of carboxylic acids is 1. The number of hydrogen-bond donors (Lipinski definition) is 2. The number of halogens is 2. The molecule has 5 rings (SSSR count). The lowest BCUT2D eigenvalue weighted by Crippen LogP contribution is -2.19. The van der Waals surface area contributed by atoms with Crippen molar-refractivity contribution >= 4 is 44.6 Å². The Labute approximate surface area is 204 Å². The van der Waals surface area contributed by atoms with Crippen LogP contribution in [0.3, 0.4) is 0 Å². The molecule has 0 bridgehead atoms. The molecule has 2 fully saturated rings. The fourth-order valence-electron chi connectivity index (χ4n) is 4.87. The molecular formula is C25H26BrFN2O3S. The van der Waals surface area contributed by atoms with Gasteiger partial charge in [-0.3, -0.25) is 4.90 Å². The molecule has 3 aromatic rings. The minimum absolute atomic E-state index is 0.121. The average Bonchev–Trinajstić information content (AvgIpc) is 3.38. The fourth-order valence-corrected chi connectivity index (χ4v) is 6.36. The summed E-state index contributed by atoms with van der Waals surface area (Å²) in [6.45, 7) is 2.42. The Bertz CT molecular complexity index is 1220.